The Morgan fingerprint density at radius 1 is 1.53 bits per heavy atom. The number of furan rings is 1. The maximum atomic E-state index is 11.5. The SMILES string of the molecule is CCNC(=O)c1cc2c(o1)CCCC2=O. The smallest absolute Gasteiger partial charge is 0.287 e. The van der Waals surface area contributed by atoms with Gasteiger partial charge < -0.3 is 9.73 Å². The summed E-state index contributed by atoms with van der Waals surface area (Å²) in [7, 11) is 0. The van der Waals surface area contributed by atoms with E-state index in [4.69, 9.17) is 4.42 Å². The van der Waals surface area contributed by atoms with E-state index in [1.165, 1.54) is 0 Å². The van der Waals surface area contributed by atoms with Gasteiger partial charge in [0.2, 0.25) is 0 Å². The highest BCUT2D eigenvalue weighted by molar-refractivity contribution is 6.01. The molecule has 1 N–H and O–H groups in total. The zero-order chi connectivity index (χ0) is 10.8. The molecule has 15 heavy (non-hydrogen) atoms. The second-order valence-electron chi connectivity index (χ2n) is 3.58. The van der Waals surface area contributed by atoms with Crippen LogP contribution in [0.2, 0.25) is 0 Å². The van der Waals surface area contributed by atoms with E-state index in [-0.39, 0.29) is 17.5 Å². The maximum absolute atomic E-state index is 11.5. The van der Waals surface area contributed by atoms with Crippen molar-refractivity contribution >= 4 is 11.7 Å². The van der Waals surface area contributed by atoms with Gasteiger partial charge in [0.15, 0.2) is 11.5 Å². The Kier molecular flexibility index (Phi) is 2.58. The quantitative estimate of drug-likeness (QED) is 0.800. The van der Waals surface area contributed by atoms with Gasteiger partial charge in [-0.3, -0.25) is 9.59 Å². The third-order valence-electron chi connectivity index (χ3n) is 2.48. The van der Waals surface area contributed by atoms with E-state index in [2.05, 4.69) is 5.32 Å². The van der Waals surface area contributed by atoms with Gasteiger partial charge in [0.25, 0.3) is 5.91 Å². The average molecular weight is 207 g/mol. The largest absolute Gasteiger partial charge is 0.455 e. The van der Waals surface area contributed by atoms with Crippen LogP contribution >= 0.6 is 0 Å². The molecule has 4 heteroatoms. The van der Waals surface area contributed by atoms with Crippen molar-refractivity contribution in [2.75, 3.05) is 6.54 Å². The molecule has 1 aliphatic rings. The van der Waals surface area contributed by atoms with Crippen LogP contribution < -0.4 is 5.32 Å². The molecule has 2 rings (SSSR count). The molecular formula is C11H13NO3. The summed E-state index contributed by atoms with van der Waals surface area (Å²) in [5.74, 6) is 0.736. The second-order valence-corrected chi connectivity index (χ2v) is 3.58. The molecule has 0 bridgehead atoms. The van der Waals surface area contributed by atoms with Crippen LogP contribution in [0.5, 0.6) is 0 Å². The molecule has 1 amide bonds. The van der Waals surface area contributed by atoms with Crippen LogP contribution in [0.4, 0.5) is 0 Å². The summed E-state index contributed by atoms with van der Waals surface area (Å²) in [6, 6.07) is 1.56. The number of Topliss-reactive ketones (excluding diaryl/α,β-unsaturated/α-hetero) is 1. The lowest BCUT2D eigenvalue weighted by Crippen LogP contribution is -2.21. The number of ketones is 1. The summed E-state index contributed by atoms with van der Waals surface area (Å²) in [6.45, 7) is 2.39. The zero-order valence-corrected chi connectivity index (χ0v) is 8.63. The lowest BCUT2D eigenvalue weighted by atomic mass is 9.97. The Bertz CT molecular complexity index is 406. The maximum Gasteiger partial charge on any atom is 0.287 e. The highest BCUT2D eigenvalue weighted by atomic mass is 16.4. The van der Waals surface area contributed by atoms with Crippen LogP contribution in [-0.2, 0) is 6.42 Å². The van der Waals surface area contributed by atoms with E-state index >= 15 is 0 Å². The van der Waals surface area contributed by atoms with Crippen LogP contribution in [0.25, 0.3) is 0 Å². The summed E-state index contributed by atoms with van der Waals surface area (Å²) in [5.41, 5.74) is 0.586. The summed E-state index contributed by atoms with van der Waals surface area (Å²) >= 11 is 0. The van der Waals surface area contributed by atoms with Gasteiger partial charge in [-0.15, -0.1) is 0 Å². The summed E-state index contributed by atoms with van der Waals surface area (Å²) in [5, 5.41) is 2.64. The molecule has 4 nitrogen and oxygen atoms in total. The third kappa shape index (κ3) is 1.79. The van der Waals surface area contributed by atoms with E-state index in [9.17, 15) is 9.59 Å². The fourth-order valence-corrected chi connectivity index (χ4v) is 1.75. The van der Waals surface area contributed by atoms with E-state index in [1.807, 2.05) is 6.92 Å². The highest BCUT2D eigenvalue weighted by Crippen LogP contribution is 2.24. The zero-order valence-electron chi connectivity index (χ0n) is 8.63. The predicted octanol–water partition coefficient (Wildman–Crippen LogP) is 1.55. The minimum Gasteiger partial charge on any atom is -0.455 e. The topological polar surface area (TPSA) is 59.3 Å². The van der Waals surface area contributed by atoms with E-state index in [1.54, 1.807) is 6.07 Å². The number of hydrogen-bond donors (Lipinski definition) is 1. The van der Waals surface area contributed by atoms with Gasteiger partial charge in [-0.25, -0.2) is 0 Å². The first kappa shape index (κ1) is 9.96. The van der Waals surface area contributed by atoms with Gasteiger partial charge in [0, 0.05) is 25.5 Å². The Labute approximate surface area is 87.6 Å². The molecule has 0 spiro atoms. The van der Waals surface area contributed by atoms with Gasteiger partial charge >= 0.3 is 0 Å². The average Bonchev–Trinajstić information content (AvgIpc) is 2.63. The van der Waals surface area contributed by atoms with Crippen LogP contribution in [0.1, 0.15) is 46.4 Å². The molecule has 0 fully saturated rings. The Hall–Kier alpha value is -1.58. The lowest BCUT2D eigenvalue weighted by Gasteiger charge is -2.06. The van der Waals surface area contributed by atoms with Crippen molar-refractivity contribution in [1.29, 1.82) is 0 Å². The van der Waals surface area contributed by atoms with Gasteiger partial charge in [0.05, 0.1) is 5.56 Å². The number of carbonyl (C=O) groups is 2. The van der Waals surface area contributed by atoms with E-state index in [0.29, 0.717) is 24.3 Å². The molecule has 1 aliphatic carbocycles. The minimum absolute atomic E-state index is 0.0792. The van der Waals surface area contributed by atoms with Crippen LogP contribution in [0.3, 0.4) is 0 Å². The molecule has 0 aromatic carbocycles. The predicted molar refractivity (Wildman–Crippen MR) is 54.0 cm³/mol. The molecule has 0 unspecified atom stereocenters. The van der Waals surface area contributed by atoms with Crippen LogP contribution in [-0.4, -0.2) is 18.2 Å². The minimum atomic E-state index is -0.250. The molecule has 80 valence electrons. The van der Waals surface area contributed by atoms with Gasteiger partial charge in [-0.05, 0) is 13.3 Å². The Morgan fingerprint density at radius 2 is 2.33 bits per heavy atom. The van der Waals surface area contributed by atoms with E-state index < -0.39 is 0 Å². The molecule has 0 radical (unpaired) electrons. The number of hydrogen-bond acceptors (Lipinski definition) is 3. The first-order valence-corrected chi connectivity index (χ1v) is 5.16. The number of rotatable bonds is 2. The molecule has 1 heterocycles. The Balaban J connectivity index is 2.29. The standard InChI is InChI=1S/C11H13NO3/c1-2-12-11(14)10-6-7-8(13)4-3-5-9(7)15-10/h6H,2-5H2,1H3,(H,12,14). The molecule has 1 aromatic heterocycles. The number of fused-ring (bicyclic) bond motifs is 1. The lowest BCUT2D eigenvalue weighted by molar-refractivity contribution is 0.0922. The number of nitrogens with one attached hydrogen (secondary N) is 1. The van der Waals surface area contributed by atoms with Crippen molar-refractivity contribution in [2.45, 2.75) is 26.2 Å². The van der Waals surface area contributed by atoms with Crippen molar-refractivity contribution in [3.63, 3.8) is 0 Å². The summed E-state index contributed by atoms with van der Waals surface area (Å²) in [6.07, 6.45) is 2.12. The van der Waals surface area contributed by atoms with Crippen molar-refractivity contribution in [2.24, 2.45) is 0 Å². The van der Waals surface area contributed by atoms with Crippen LogP contribution in [0, 0.1) is 0 Å². The van der Waals surface area contributed by atoms with Crippen molar-refractivity contribution in [3.8, 4) is 0 Å². The molecule has 1 aromatic rings. The normalized spacial score (nSPS) is 14.9. The molecule has 0 atom stereocenters. The molecule has 0 saturated heterocycles. The van der Waals surface area contributed by atoms with Gasteiger partial charge in [-0.2, -0.15) is 0 Å². The first-order valence-electron chi connectivity index (χ1n) is 5.16. The van der Waals surface area contributed by atoms with Crippen LogP contribution in [0.15, 0.2) is 10.5 Å². The molecule has 0 saturated carbocycles. The third-order valence-corrected chi connectivity index (χ3v) is 2.48. The second kappa shape index (κ2) is 3.88. The van der Waals surface area contributed by atoms with Gasteiger partial charge in [-0.1, -0.05) is 0 Å². The number of amides is 1. The van der Waals surface area contributed by atoms with Crippen molar-refractivity contribution in [3.05, 3.63) is 23.2 Å². The van der Waals surface area contributed by atoms with E-state index in [0.717, 1.165) is 12.8 Å². The fourth-order valence-electron chi connectivity index (χ4n) is 1.75. The monoisotopic (exact) mass is 207 g/mol. The first-order chi connectivity index (χ1) is 7.22. The summed E-state index contributed by atoms with van der Waals surface area (Å²) in [4.78, 5) is 22.9. The summed E-state index contributed by atoms with van der Waals surface area (Å²) < 4.78 is 5.36. The fraction of sp³-hybridized carbons (Fsp3) is 0.455. The number of carbonyl (C=O) groups excluding carboxylic acids is 2. The highest BCUT2D eigenvalue weighted by Gasteiger charge is 2.24. The number of aryl methyl sites for hydroxylation is 1. The molecular weight excluding hydrogens is 194 g/mol. The van der Waals surface area contributed by atoms with Gasteiger partial charge in [0.1, 0.15) is 5.76 Å². The van der Waals surface area contributed by atoms with Crippen molar-refractivity contribution in [1.82, 2.24) is 5.32 Å². The molecule has 0 aliphatic heterocycles. The van der Waals surface area contributed by atoms with Crippen molar-refractivity contribution < 1.29 is 14.0 Å². The Morgan fingerprint density at radius 3 is 3.00 bits per heavy atom.